The number of aryl methyl sites for hydroxylation is 1. The minimum absolute atomic E-state index is 0.206. The summed E-state index contributed by atoms with van der Waals surface area (Å²) in [6.07, 6.45) is 1.49. The molecule has 2 aromatic rings. The van der Waals surface area contributed by atoms with E-state index in [9.17, 15) is 4.79 Å². The van der Waals surface area contributed by atoms with E-state index < -0.39 is 0 Å². The lowest BCUT2D eigenvalue weighted by molar-refractivity contribution is 0.0949. The Labute approximate surface area is 170 Å². The van der Waals surface area contributed by atoms with Crippen molar-refractivity contribution in [2.45, 2.75) is 13.8 Å². The average Bonchev–Trinajstić information content (AvgIpc) is 2.73. The second-order valence-electron chi connectivity index (χ2n) is 6.59. The molecule has 1 N–H and O–H groups in total. The number of carbonyl (C=O) groups is 1. The number of anilines is 2. The van der Waals surface area contributed by atoms with Gasteiger partial charge in [0.15, 0.2) is 5.69 Å². The zero-order valence-corrected chi connectivity index (χ0v) is 17.1. The molecule has 1 aliphatic rings. The minimum atomic E-state index is -0.289. The summed E-state index contributed by atoms with van der Waals surface area (Å²) < 4.78 is 5.35. The predicted octanol–water partition coefficient (Wildman–Crippen LogP) is 2.53. The fourth-order valence-electron chi connectivity index (χ4n) is 3.19. The van der Waals surface area contributed by atoms with Crippen LogP contribution >= 0.6 is 11.6 Å². The number of para-hydroxylation sites is 1. The first-order valence-corrected chi connectivity index (χ1v) is 9.92. The summed E-state index contributed by atoms with van der Waals surface area (Å²) in [5.74, 6) is 0.218. The fraction of sp³-hybridized carbons (Fsp3) is 0.450. The normalized spacial score (nSPS) is 14.0. The highest BCUT2D eigenvalue weighted by molar-refractivity contribution is 6.33. The number of carbonyl (C=O) groups excluding carboxylic acids is 1. The van der Waals surface area contributed by atoms with Gasteiger partial charge in [0.25, 0.3) is 5.91 Å². The first-order valence-electron chi connectivity index (χ1n) is 9.54. The van der Waals surface area contributed by atoms with E-state index in [1.807, 2.05) is 17.0 Å². The van der Waals surface area contributed by atoms with E-state index in [1.54, 1.807) is 0 Å². The molecule has 28 heavy (non-hydrogen) atoms. The van der Waals surface area contributed by atoms with Crippen LogP contribution in [0, 0.1) is 6.92 Å². The predicted molar refractivity (Wildman–Crippen MR) is 111 cm³/mol. The van der Waals surface area contributed by atoms with Crippen LogP contribution in [-0.4, -0.2) is 61.8 Å². The first kappa shape index (κ1) is 20.4. The van der Waals surface area contributed by atoms with E-state index in [2.05, 4.69) is 46.2 Å². The average molecular weight is 404 g/mol. The number of ether oxygens (including phenoxy) is 1. The lowest BCUT2D eigenvalue weighted by Gasteiger charge is -2.27. The molecule has 1 aromatic heterocycles. The molecule has 3 rings (SSSR count). The minimum Gasteiger partial charge on any atom is -0.378 e. The number of nitrogens with one attached hydrogen (secondary N) is 1. The number of amides is 1. The number of morpholine rings is 1. The zero-order chi connectivity index (χ0) is 19.9. The fourth-order valence-corrected chi connectivity index (χ4v) is 3.36. The second-order valence-corrected chi connectivity index (χ2v) is 7.00. The van der Waals surface area contributed by atoms with Crippen molar-refractivity contribution < 1.29 is 9.53 Å². The van der Waals surface area contributed by atoms with Crippen molar-refractivity contribution in [3.63, 3.8) is 0 Å². The summed E-state index contributed by atoms with van der Waals surface area (Å²) in [6, 6.07) is 8.23. The van der Waals surface area contributed by atoms with Gasteiger partial charge in [-0.1, -0.05) is 29.8 Å². The first-order chi connectivity index (χ1) is 13.6. The molecular formula is C20H26ClN5O2. The topological polar surface area (TPSA) is 70.6 Å². The molecule has 1 aromatic carbocycles. The van der Waals surface area contributed by atoms with E-state index >= 15 is 0 Å². The Balaban J connectivity index is 1.62. The molecule has 0 spiro atoms. The Bertz CT molecular complexity index is 811. The van der Waals surface area contributed by atoms with Crippen LogP contribution in [0.3, 0.4) is 0 Å². The van der Waals surface area contributed by atoms with Gasteiger partial charge in [-0.05, 0) is 25.5 Å². The zero-order valence-electron chi connectivity index (χ0n) is 16.3. The Morgan fingerprint density at radius 3 is 2.79 bits per heavy atom. The van der Waals surface area contributed by atoms with Crippen LogP contribution in [-0.2, 0) is 4.74 Å². The van der Waals surface area contributed by atoms with Gasteiger partial charge in [-0.15, -0.1) is 0 Å². The van der Waals surface area contributed by atoms with Crippen molar-refractivity contribution in [3.05, 3.63) is 46.7 Å². The lowest BCUT2D eigenvalue weighted by Crippen LogP contribution is -2.38. The van der Waals surface area contributed by atoms with Gasteiger partial charge in [0, 0.05) is 38.4 Å². The van der Waals surface area contributed by atoms with Gasteiger partial charge in [-0.3, -0.25) is 4.79 Å². The molecule has 1 saturated heterocycles. The molecule has 8 heteroatoms. The molecule has 1 fully saturated rings. The summed E-state index contributed by atoms with van der Waals surface area (Å²) in [6.45, 7) is 8.89. The third kappa shape index (κ3) is 4.91. The summed E-state index contributed by atoms with van der Waals surface area (Å²) in [7, 11) is 0. The number of aromatic nitrogens is 2. The van der Waals surface area contributed by atoms with E-state index in [4.69, 9.17) is 16.3 Å². The lowest BCUT2D eigenvalue weighted by atomic mass is 10.2. The highest BCUT2D eigenvalue weighted by Crippen LogP contribution is 2.19. The molecule has 7 nitrogen and oxygen atoms in total. The van der Waals surface area contributed by atoms with Crippen molar-refractivity contribution in [1.29, 1.82) is 0 Å². The molecule has 0 unspecified atom stereocenters. The van der Waals surface area contributed by atoms with E-state index in [0.29, 0.717) is 45.3 Å². The number of benzene rings is 1. The molecule has 0 aliphatic carbocycles. The van der Waals surface area contributed by atoms with E-state index in [0.717, 1.165) is 6.54 Å². The maximum absolute atomic E-state index is 12.6. The Morgan fingerprint density at radius 2 is 2.07 bits per heavy atom. The standard InChI is InChI=1S/C20H26ClN5O2/c1-3-25(17-7-5-4-6-15(17)2)9-8-22-19(27)18-16(21)14-23-20(24-18)26-10-12-28-13-11-26/h4-7,14H,3,8-13H2,1-2H3,(H,22,27). The van der Waals surface area contributed by atoms with Gasteiger partial charge in [-0.2, -0.15) is 0 Å². The Kier molecular flexibility index (Phi) is 7.06. The van der Waals surface area contributed by atoms with Crippen LogP contribution in [0.2, 0.25) is 5.02 Å². The Hall–Kier alpha value is -2.38. The number of hydrogen-bond acceptors (Lipinski definition) is 6. The van der Waals surface area contributed by atoms with Gasteiger partial charge in [0.1, 0.15) is 0 Å². The van der Waals surface area contributed by atoms with Crippen LogP contribution in [0.4, 0.5) is 11.6 Å². The van der Waals surface area contributed by atoms with Gasteiger partial charge >= 0.3 is 0 Å². The van der Waals surface area contributed by atoms with Crippen LogP contribution in [0.25, 0.3) is 0 Å². The molecular weight excluding hydrogens is 378 g/mol. The number of hydrogen-bond donors (Lipinski definition) is 1. The molecule has 0 bridgehead atoms. The van der Waals surface area contributed by atoms with Gasteiger partial charge in [0.2, 0.25) is 5.95 Å². The number of halogens is 1. The number of nitrogens with zero attached hydrogens (tertiary/aromatic N) is 4. The smallest absolute Gasteiger partial charge is 0.271 e. The summed E-state index contributed by atoms with van der Waals surface area (Å²) >= 11 is 6.18. The van der Waals surface area contributed by atoms with Crippen LogP contribution in [0.1, 0.15) is 23.0 Å². The number of likely N-dealkylation sites (N-methyl/N-ethyl adjacent to an activating group) is 1. The maximum Gasteiger partial charge on any atom is 0.271 e. The van der Waals surface area contributed by atoms with Crippen LogP contribution in [0.5, 0.6) is 0 Å². The van der Waals surface area contributed by atoms with Crippen LogP contribution in [0.15, 0.2) is 30.5 Å². The SMILES string of the molecule is CCN(CCNC(=O)c1nc(N2CCOCC2)ncc1Cl)c1ccccc1C. The van der Waals surface area contributed by atoms with Crippen LogP contribution < -0.4 is 15.1 Å². The van der Waals surface area contributed by atoms with E-state index in [1.165, 1.54) is 17.4 Å². The third-order valence-electron chi connectivity index (χ3n) is 4.75. The second kappa shape index (κ2) is 9.71. The number of rotatable bonds is 7. The molecule has 1 amide bonds. The van der Waals surface area contributed by atoms with Crippen molar-refractivity contribution in [3.8, 4) is 0 Å². The summed E-state index contributed by atoms with van der Waals surface area (Å²) in [5.41, 5.74) is 2.59. The van der Waals surface area contributed by atoms with Crippen molar-refractivity contribution in [2.75, 3.05) is 55.7 Å². The summed E-state index contributed by atoms with van der Waals surface area (Å²) in [4.78, 5) is 25.5. The maximum atomic E-state index is 12.6. The molecule has 2 heterocycles. The van der Waals surface area contributed by atoms with Gasteiger partial charge < -0.3 is 19.9 Å². The monoisotopic (exact) mass is 403 g/mol. The molecule has 0 saturated carbocycles. The largest absolute Gasteiger partial charge is 0.378 e. The molecule has 0 radical (unpaired) electrons. The summed E-state index contributed by atoms with van der Waals surface area (Å²) in [5, 5.41) is 3.18. The molecule has 1 aliphatic heterocycles. The highest BCUT2D eigenvalue weighted by atomic mass is 35.5. The molecule has 150 valence electrons. The molecule has 0 atom stereocenters. The van der Waals surface area contributed by atoms with Gasteiger partial charge in [-0.25, -0.2) is 9.97 Å². The third-order valence-corrected chi connectivity index (χ3v) is 5.02. The quantitative estimate of drug-likeness (QED) is 0.766. The van der Waals surface area contributed by atoms with Crippen molar-refractivity contribution in [2.24, 2.45) is 0 Å². The van der Waals surface area contributed by atoms with Crippen molar-refractivity contribution >= 4 is 29.1 Å². The Morgan fingerprint density at radius 1 is 1.32 bits per heavy atom. The van der Waals surface area contributed by atoms with Gasteiger partial charge in [0.05, 0.1) is 24.4 Å². The highest BCUT2D eigenvalue weighted by Gasteiger charge is 2.19. The van der Waals surface area contributed by atoms with Crippen molar-refractivity contribution in [1.82, 2.24) is 15.3 Å². The van der Waals surface area contributed by atoms with E-state index in [-0.39, 0.29) is 16.6 Å².